The van der Waals surface area contributed by atoms with E-state index in [1.165, 1.54) is 29.2 Å². The van der Waals surface area contributed by atoms with Gasteiger partial charge in [-0.3, -0.25) is 4.90 Å². The average molecular weight is 588 g/mol. The van der Waals surface area contributed by atoms with Gasteiger partial charge in [-0.1, -0.05) is 6.07 Å². The van der Waals surface area contributed by atoms with Crippen molar-refractivity contribution in [1.82, 2.24) is 9.97 Å². The molecule has 0 saturated heterocycles. The summed E-state index contributed by atoms with van der Waals surface area (Å²) in [7, 11) is -0.543. The lowest BCUT2D eigenvalue weighted by Crippen LogP contribution is -2.31. The predicted molar refractivity (Wildman–Crippen MR) is 148 cm³/mol. The van der Waals surface area contributed by atoms with Crippen molar-refractivity contribution < 1.29 is 31.1 Å². The Morgan fingerprint density at radius 2 is 1.59 bits per heavy atom. The molecule has 11 nitrogen and oxygen atoms in total. The number of hydrogen-bond donors (Lipinski definition) is 3. The van der Waals surface area contributed by atoms with Crippen LogP contribution in [0.5, 0.6) is 5.75 Å². The van der Waals surface area contributed by atoms with Crippen LogP contribution in [0, 0.1) is 0 Å². The van der Waals surface area contributed by atoms with Crippen molar-refractivity contribution in [3.63, 3.8) is 0 Å². The monoisotopic (exact) mass is 587 g/mol. The molecule has 0 atom stereocenters. The Bertz CT molecular complexity index is 1630. The van der Waals surface area contributed by atoms with Gasteiger partial charge in [0.15, 0.2) is 0 Å². The molecular formula is C26H24F3N7O4S. The van der Waals surface area contributed by atoms with Crippen LogP contribution in [0.25, 0.3) is 0 Å². The summed E-state index contributed by atoms with van der Waals surface area (Å²) in [6.45, 7) is 0. The Balaban J connectivity index is 1.40. The Hall–Kier alpha value is -4.89. The van der Waals surface area contributed by atoms with Gasteiger partial charge >= 0.3 is 12.4 Å². The Labute approximate surface area is 233 Å². The third-order valence-corrected chi connectivity index (χ3v) is 6.58. The summed E-state index contributed by atoms with van der Waals surface area (Å²) in [4.78, 5) is 24.4. The molecule has 0 aliphatic carbocycles. The molecule has 0 aliphatic heterocycles. The fraction of sp³-hybridized carbons (Fsp3) is 0.115. The van der Waals surface area contributed by atoms with E-state index in [4.69, 9.17) is 5.14 Å². The zero-order valence-corrected chi connectivity index (χ0v) is 22.4. The molecule has 41 heavy (non-hydrogen) atoms. The summed E-state index contributed by atoms with van der Waals surface area (Å²) in [5.74, 6) is 0.361. The van der Waals surface area contributed by atoms with E-state index in [2.05, 4.69) is 25.3 Å². The second kappa shape index (κ2) is 11.7. The molecule has 1 heterocycles. The highest BCUT2D eigenvalue weighted by Gasteiger charge is 2.31. The van der Waals surface area contributed by atoms with E-state index in [1.807, 2.05) is 0 Å². The van der Waals surface area contributed by atoms with E-state index in [0.717, 1.165) is 17.8 Å². The van der Waals surface area contributed by atoms with Gasteiger partial charge in [-0.2, -0.15) is 4.98 Å². The van der Waals surface area contributed by atoms with Crippen molar-refractivity contribution in [2.45, 2.75) is 11.3 Å². The Kier molecular flexibility index (Phi) is 8.30. The van der Waals surface area contributed by atoms with Gasteiger partial charge < -0.3 is 20.3 Å². The number of alkyl halides is 3. The molecule has 0 saturated carbocycles. The smallest absolute Gasteiger partial charge is 0.406 e. The fourth-order valence-electron chi connectivity index (χ4n) is 3.57. The molecule has 4 aromatic rings. The van der Waals surface area contributed by atoms with Gasteiger partial charge in [-0.05, 0) is 72.8 Å². The minimum absolute atomic E-state index is 0.0528. The number of aromatic nitrogens is 2. The SMILES string of the molecule is CN(C(=O)Nc1ccc(OC(F)(F)F)cc1)c1ccc(N(C)c2ccnc(Nc3cccc(S(N)(=O)=O)c3)n2)cc1. The molecule has 2 amide bonds. The number of benzene rings is 3. The van der Waals surface area contributed by atoms with E-state index in [0.29, 0.717) is 17.2 Å². The lowest BCUT2D eigenvalue weighted by Gasteiger charge is -2.22. The average Bonchev–Trinajstić information content (AvgIpc) is 2.92. The summed E-state index contributed by atoms with van der Waals surface area (Å²) in [5.41, 5.74) is 2.02. The lowest BCUT2D eigenvalue weighted by atomic mass is 10.2. The maximum atomic E-state index is 12.7. The number of nitrogens with zero attached hydrogens (tertiary/aromatic N) is 4. The number of carbonyl (C=O) groups is 1. The molecule has 0 fully saturated rings. The van der Waals surface area contributed by atoms with Gasteiger partial charge in [0.05, 0.1) is 4.90 Å². The van der Waals surface area contributed by atoms with E-state index in [1.54, 1.807) is 67.7 Å². The van der Waals surface area contributed by atoms with Crippen LogP contribution in [0.1, 0.15) is 0 Å². The van der Waals surface area contributed by atoms with E-state index in [-0.39, 0.29) is 16.5 Å². The first kappa shape index (κ1) is 29.1. The molecule has 4 rings (SSSR count). The third-order valence-electron chi connectivity index (χ3n) is 5.67. The highest BCUT2D eigenvalue weighted by atomic mass is 32.2. The highest BCUT2D eigenvalue weighted by Crippen LogP contribution is 2.27. The maximum Gasteiger partial charge on any atom is 0.573 e. The van der Waals surface area contributed by atoms with Crippen LogP contribution in [0.4, 0.5) is 52.5 Å². The van der Waals surface area contributed by atoms with Crippen LogP contribution in [0.2, 0.25) is 0 Å². The van der Waals surface area contributed by atoms with Crippen molar-refractivity contribution in [1.29, 1.82) is 0 Å². The first-order chi connectivity index (χ1) is 19.3. The number of nitrogens with two attached hydrogens (primary N) is 1. The first-order valence-corrected chi connectivity index (χ1v) is 13.3. The normalized spacial score (nSPS) is 11.5. The van der Waals surface area contributed by atoms with Crippen molar-refractivity contribution >= 4 is 50.6 Å². The van der Waals surface area contributed by atoms with E-state index in [9.17, 15) is 26.4 Å². The molecule has 0 bridgehead atoms. The lowest BCUT2D eigenvalue weighted by molar-refractivity contribution is -0.274. The molecule has 4 N–H and O–H groups in total. The molecule has 1 aromatic heterocycles. The third kappa shape index (κ3) is 7.83. The van der Waals surface area contributed by atoms with Gasteiger partial charge in [-0.15, -0.1) is 13.2 Å². The molecule has 3 aromatic carbocycles. The van der Waals surface area contributed by atoms with E-state index >= 15 is 0 Å². The number of anilines is 6. The summed E-state index contributed by atoms with van der Waals surface area (Å²) >= 11 is 0. The van der Waals surface area contributed by atoms with Gasteiger partial charge in [0, 0.05) is 43.0 Å². The van der Waals surface area contributed by atoms with Crippen LogP contribution in [-0.4, -0.2) is 44.9 Å². The predicted octanol–water partition coefficient (Wildman–Crippen LogP) is 5.20. The number of hydrogen-bond acceptors (Lipinski definition) is 8. The Morgan fingerprint density at radius 1 is 0.927 bits per heavy atom. The zero-order chi connectivity index (χ0) is 29.8. The highest BCUT2D eigenvalue weighted by molar-refractivity contribution is 7.89. The molecule has 0 aliphatic rings. The number of rotatable bonds is 8. The minimum atomic E-state index is -4.80. The number of amides is 2. The van der Waals surface area contributed by atoms with Crippen molar-refractivity contribution in [3.8, 4) is 5.75 Å². The molecule has 15 heteroatoms. The van der Waals surface area contributed by atoms with Crippen molar-refractivity contribution in [2.24, 2.45) is 5.14 Å². The number of nitrogens with one attached hydrogen (secondary N) is 2. The van der Waals surface area contributed by atoms with Crippen LogP contribution < -0.4 is 30.3 Å². The number of carbonyl (C=O) groups excluding carboxylic acids is 1. The van der Waals surface area contributed by atoms with E-state index < -0.39 is 28.2 Å². The van der Waals surface area contributed by atoms with Crippen LogP contribution in [-0.2, 0) is 10.0 Å². The van der Waals surface area contributed by atoms with Crippen molar-refractivity contribution in [3.05, 3.63) is 85.1 Å². The number of sulfonamides is 1. The standard InChI is InChI=1S/C26H24F3N7O4S/c1-35(23-14-15-31-24(34-23)32-18-4-3-5-22(16-18)41(30,38)39)19-8-10-20(11-9-19)36(2)25(37)33-17-6-12-21(13-7-17)40-26(27,28)29/h3-16H,1-2H3,(H,33,37)(H2,30,38,39)(H,31,32,34). The summed E-state index contributed by atoms with van der Waals surface area (Å²) in [5, 5.41) is 10.8. The van der Waals surface area contributed by atoms with Crippen LogP contribution >= 0.6 is 0 Å². The van der Waals surface area contributed by atoms with Gasteiger partial charge in [-0.25, -0.2) is 23.3 Å². The quantitative estimate of drug-likeness (QED) is 0.255. The topological polar surface area (TPSA) is 143 Å². The van der Waals surface area contributed by atoms with Crippen LogP contribution in [0.3, 0.4) is 0 Å². The fourth-order valence-corrected chi connectivity index (χ4v) is 4.13. The van der Waals surface area contributed by atoms with Gasteiger partial charge in [0.25, 0.3) is 0 Å². The molecule has 0 radical (unpaired) electrons. The largest absolute Gasteiger partial charge is 0.573 e. The summed E-state index contributed by atoms with van der Waals surface area (Å²) < 4.78 is 64.1. The number of urea groups is 1. The van der Waals surface area contributed by atoms with Gasteiger partial charge in [0.1, 0.15) is 11.6 Å². The molecular weight excluding hydrogens is 563 g/mol. The van der Waals surface area contributed by atoms with Crippen molar-refractivity contribution in [2.75, 3.05) is 34.5 Å². The Morgan fingerprint density at radius 3 is 2.22 bits per heavy atom. The number of ether oxygens (including phenoxy) is 1. The molecule has 214 valence electrons. The second-order valence-corrected chi connectivity index (χ2v) is 10.1. The summed E-state index contributed by atoms with van der Waals surface area (Å²) in [6, 6.07) is 18.9. The molecule has 0 unspecified atom stereocenters. The second-order valence-electron chi connectivity index (χ2n) is 8.57. The number of primary sulfonamides is 1. The number of halogens is 3. The maximum absolute atomic E-state index is 12.7. The van der Waals surface area contributed by atoms with Crippen LogP contribution in [0.15, 0.2) is 90.0 Å². The molecule has 0 spiro atoms. The minimum Gasteiger partial charge on any atom is -0.406 e. The van der Waals surface area contributed by atoms with Gasteiger partial charge in [0.2, 0.25) is 16.0 Å². The first-order valence-electron chi connectivity index (χ1n) is 11.8. The zero-order valence-electron chi connectivity index (χ0n) is 21.6. The summed E-state index contributed by atoms with van der Waals surface area (Å²) in [6.07, 6.45) is -3.26.